The Balaban J connectivity index is 1.10. The van der Waals surface area contributed by atoms with Gasteiger partial charge in [-0.2, -0.15) is 0 Å². The average Bonchev–Trinajstić information content (AvgIpc) is 3.18. The second-order valence-corrected chi connectivity index (χ2v) is 9.86. The van der Waals surface area contributed by atoms with E-state index in [1.165, 1.54) is 0 Å². The number of hydrogen-bond donors (Lipinski definition) is 2. The predicted octanol–water partition coefficient (Wildman–Crippen LogP) is 3.19. The first kappa shape index (κ1) is 18.4. The number of amides is 1. The Morgan fingerprint density at radius 2 is 1.97 bits per heavy atom. The number of anilines is 1. The average molecular weight is 409 g/mol. The van der Waals surface area contributed by atoms with Crippen molar-refractivity contribution in [2.75, 3.05) is 18.4 Å². The smallest absolute Gasteiger partial charge is 0.410 e. The van der Waals surface area contributed by atoms with Crippen molar-refractivity contribution >= 4 is 22.8 Å². The molecule has 1 aromatic heterocycles. The highest BCUT2D eigenvalue weighted by atomic mass is 16.6. The van der Waals surface area contributed by atoms with Gasteiger partial charge in [0.15, 0.2) is 0 Å². The molecule has 4 aliphatic carbocycles. The molecule has 2 heterocycles. The number of nitrogens with one attached hydrogen (secondary N) is 1. The van der Waals surface area contributed by atoms with Crippen molar-refractivity contribution in [2.45, 2.75) is 56.3 Å². The van der Waals surface area contributed by atoms with Gasteiger partial charge in [0.2, 0.25) is 0 Å². The van der Waals surface area contributed by atoms with Crippen LogP contribution in [0.4, 0.5) is 10.6 Å². The zero-order valence-electron chi connectivity index (χ0n) is 17.0. The Hall–Kier alpha value is -2.41. The molecule has 5 aliphatic rings. The number of carbonyl (C=O) groups is 1. The van der Waals surface area contributed by atoms with Gasteiger partial charge in [0.25, 0.3) is 0 Å². The monoisotopic (exact) mass is 408 g/mol. The van der Waals surface area contributed by atoms with E-state index in [4.69, 9.17) is 4.74 Å². The summed E-state index contributed by atoms with van der Waals surface area (Å²) in [7, 11) is 0. The van der Waals surface area contributed by atoms with E-state index in [-0.39, 0.29) is 18.2 Å². The SMILES string of the molecule is O=C(OC1C2CC3CC1CC(O)(C3)C2)N1CCC(Nc2ncnc3ccccc23)C1. The second-order valence-electron chi connectivity index (χ2n) is 9.86. The minimum absolute atomic E-state index is 0.0212. The fourth-order valence-electron chi connectivity index (χ4n) is 6.68. The molecule has 5 fully saturated rings. The molecule has 30 heavy (non-hydrogen) atoms. The molecule has 2 aromatic rings. The van der Waals surface area contributed by atoms with E-state index < -0.39 is 5.60 Å². The maximum atomic E-state index is 12.9. The number of likely N-dealkylation sites (tertiary alicyclic amines) is 1. The van der Waals surface area contributed by atoms with Crippen LogP contribution in [0.5, 0.6) is 0 Å². The first-order valence-electron chi connectivity index (χ1n) is 11.2. The van der Waals surface area contributed by atoms with Crippen LogP contribution in [0.2, 0.25) is 0 Å². The van der Waals surface area contributed by atoms with Crippen LogP contribution in [0.15, 0.2) is 30.6 Å². The third-order valence-corrected chi connectivity index (χ3v) is 7.72. The number of benzene rings is 1. The Bertz CT molecular complexity index is 961. The zero-order chi connectivity index (χ0) is 20.3. The Labute approximate surface area is 175 Å². The summed E-state index contributed by atoms with van der Waals surface area (Å²) in [4.78, 5) is 23.5. The summed E-state index contributed by atoms with van der Waals surface area (Å²) >= 11 is 0. The molecule has 1 aromatic carbocycles. The maximum Gasteiger partial charge on any atom is 0.410 e. The summed E-state index contributed by atoms with van der Waals surface area (Å²) in [6.07, 6.45) is 6.95. The lowest BCUT2D eigenvalue weighted by molar-refractivity contribution is -0.177. The van der Waals surface area contributed by atoms with Crippen molar-refractivity contribution < 1.29 is 14.6 Å². The summed E-state index contributed by atoms with van der Waals surface area (Å²) in [5.74, 6) is 2.09. The Morgan fingerprint density at radius 1 is 1.17 bits per heavy atom. The minimum Gasteiger partial charge on any atom is -0.446 e. The van der Waals surface area contributed by atoms with Crippen molar-refractivity contribution in [2.24, 2.45) is 17.8 Å². The van der Waals surface area contributed by atoms with E-state index in [0.717, 1.165) is 55.2 Å². The van der Waals surface area contributed by atoms with Gasteiger partial charge in [0.05, 0.1) is 11.1 Å². The molecule has 0 radical (unpaired) electrons. The van der Waals surface area contributed by atoms with E-state index >= 15 is 0 Å². The molecular formula is C23H28N4O3. The van der Waals surface area contributed by atoms with Gasteiger partial charge < -0.3 is 20.1 Å². The molecule has 1 saturated heterocycles. The number of rotatable bonds is 3. The minimum atomic E-state index is -0.498. The van der Waals surface area contributed by atoms with Gasteiger partial charge in [-0.15, -0.1) is 0 Å². The molecule has 4 bridgehead atoms. The number of fused-ring (bicyclic) bond motifs is 1. The van der Waals surface area contributed by atoms with Crippen molar-refractivity contribution in [1.29, 1.82) is 0 Å². The van der Waals surface area contributed by atoms with Gasteiger partial charge in [0.1, 0.15) is 18.2 Å². The second kappa shape index (κ2) is 6.80. The van der Waals surface area contributed by atoms with Crippen LogP contribution in [0.3, 0.4) is 0 Å². The maximum absolute atomic E-state index is 12.9. The van der Waals surface area contributed by atoms with Crippen LogP contribution < -0.4 is 5.32 Å². The van der Waals surface area contributed by atoms with E-state index in [9.17, 15) is 9.90 Å². The summed E-state index contributed by atoms with van der Waals surface area (Å²) in [5, 5.41) is 15.2. The first-order chi connectivity index (χ1) is 14.6. The molecule has 158 valence electrons. The summed E-state index contributed by atoms with van der Waals surface area (Å²) in [5.41, 5.74) is 0.412. The van der Waals surface area contributed by atoms with Crippen LogP contribution in [-0.2, 0) is 4.74 Å². The number of para-hydroxylation sites is 1. The zero-order valence-corrected chi connectivity index (χ0v) is 17.0. The highest BCUT2D eigenvalue weighted by molar-refractivity contribution is 5.88. The number of aromatic nitrogens is 2. The molecule has 1 amide bonds. The van der Waals surface area contributed by atoms with Crippen LogP contribution in [0.1, 0.15) is 38.5 Å². The highest BCUT2D eigenvalue weighted by Crippen LogP contribution is 2.56. The molecule has 7 rings (SSSR count). The quantitative estimate of drug-likeness (QED) is 0.811. The Morgan fingerprint density at radius 3 is 2.77 bits per heavy atom. The van der Waals surface area contributed by atoms with Crippen LogP contribution in [0, 0.1) is 17.8 Å². The topological polar surface area (TPSA) is 87.6 Å². The van der Waals surface area contributed by atoms with Gasteiger partial charge in [-0.05, 0) is 68.4 Å². The summed E-state index contributed by atoms with van der Waals surface area (Å²) in [6, 6.07) is 8.09. The van der Waals surface area contributed by atoms with E-state index in [1.807, 2.05) is 29.2 Å². The van der Waals surface area contributed by atoms with E-state index in [2.05, 4.69) is 15.3 Å². The van der Waals surface area contributed by atoms with Crippen molar-refractivity contribution in [1.82, 2.24) is 14.9 Å². The number of carbonyl (C=O) groups excluding carboxylic acids is 1. The molecular weight excluding hydrogens is 380 g/mol. The molecule has 3 unspecified atom stereocenters. The van der Waals surface area contributed by atoms with Crippen molar-refractivity contribution in [3.05, 3.63) is 30.6 Å². The number of hydrogen-bond acceptors (Lipinski definition) is 6. The number of ether oxygens (including phenoxy) is 1. The van der Waals surface area contributed by atoms with Gasteiger partial charge in [0, 0.05) is 24.5 Å². The van der Waals surface area contributed by atoms with Gasteiger partial charge in [-0.3, -0.25) is 0 Å². The third kappa shape index (κ3) is 3.11. The van der Waals surface area contributed by atoms with Gasteiger partial charge in [-0.1, -0.05) is 12.1 Å². The van der Waals surface area contributed by atoms with Crippen molar-refractivity contribution in [3.8, 4) is 0 Å². The third-order valence-electron chi connectivity index (χ3n) is 7.72. The molecule has 7 nitrogen and oxygen atoms in total. The van der Waals surface area contributed by atoms with E-state index in [1.54, 1.807) is 6.33 Å². The van der Waals surface area contributed by atoms with Crippen molar-refractivity contribution in [3.63, 3.8) is 0 Å². The number of aliphatic hydroxyl groups is 1. The Kier molecular flexibility index (Phi) is 4.17. The molecule has 3 atom stereocenters. The summed E-state index contributed by atoms with van der Waals surface area (Å²) < 4.78 is 6.05. The van der Waals surface area contributed by atoms with E-state index in [0.29, 0.717) is 30.8 Å². The standard InChI is InChI=1S/C23H28N4O3/c28-22(30-20-15-7-14-8-16(20)11-23(29,9-14)10-15)27-6-5-17(12-27)26-21-18-3-1-2-4-19(18)24-13-25-21/h1-4,13-17,20,29H,5-12H2,(H,24,25,26). The number of nitrogens with zero attached hydrogens (tertiary/aromatic N) is 3. The normalized spacial score (nSPS) is 37.0. The fraction of sp³-hybridized carbons (Fsp3) is 0.609. The molecule has 4 saturated carbocycles. The van der Waals surface area contributed by atoms with Crippen LogP contribution in [0.25, 0.3) is 10.9 Å². The lowest BCUT2D eigenvalue weighted by Gasteiger charge is -2.57. The van der Waals surface area contributed by atoms with Gasteiger partial charge >= 0.3 is 6.09 Å². The first-order valence-corrected chi connectivity index (χ1v) is 11.2. The molecule has 2 N–H and O–H groups in total. The molecule has 0 spiro atoms. The summed E-state index contributed by atoms with van der Waals surface area (Å²) in [6.45, 7) is 1.31. The lowest BCUT2D eigenvalue weighted by atomic mass is 9.53. The molecule has 1 aliphatic heterocycles. The van der Waals surface area contributed by atoms with Crippen LogP contribution in [-0.4, -0.2) is 56.9 Å². The van der Waals surface area contributed by atoms with Gasteiger partial charge in [-0.25, -0.2) is 14.8 Å². The lowest BCUT2D eigenvalue weighted by Crippen LogP contribution is -2.58. The largest absolute Gasteiger partial charge is 0.446 e. The fourth-order valence-corrected chi connectivity index (χ4v) is 6.68. The van der Waals surface area contributed by atoms with Crippen LogP contribution >= 0.6 is 0 Å². The predicted molar refractivity (Wildman–Crippen MR) is 112 cm³/mol. The highest BCUT2D eigenvalue weighted by Gasteiger charge is 2.56. The molecule has 7 heteroatoms.